The number of pyridine rings is 1. The van der Waals surface area contributed by atoms with Crippen molar-refractivity contribution < 1.29 is 9.13 Å². The van der Waals surface area contributed by atoms with Crippen LogP contribution in [0, 0.1) is 24.1 Å². The van der Waals surface area contributed by atoms with Gasteiger partial charge in [-0.25, -0.2) is 13.8 Å². The number of hydrogen-bond acceptors (Lipinski definition) is 6. The molecule has 5 rings (SSSR count). The van der Waals surface area contributed by atoms with Gasteiger partial charge in [0.25, 0.3) is 5.56 Å². The number of thiophene rings is 1. The van der Waals surface area contributed by atoms with Crippen molar-refractivity contribution in [2.24, 2.45) is 0 Å². The molecule has 5 aromatic rings. The van der Waals surface area contributed by atoms with Crippen LogP contribution in [0.1, 0.15) is 12.0 Å². The summed E-state index contributed by atoms with van der Waals surface area (Å²) in [7, 11) is 1.35. The van der Waals surface area contributed by atoms with E-state index >= 15 is 0 Å². The van der Waals surface area contributed by atoms with Crippen LogP contribution < -0.4 is 16.0 Å². The van der Waals surface area contributed by atoms with Crippen molar-refractivity contribution in [2.75, 3.05) is 7.11 Å². The standard InChI is InChI=1S/C26H18ClFN4O3S/c1-14-5-3-6-15-12-30-13-20(23(14)15)32-25(33)24-19(31(26(32)34)8-4-7-29)11-22(36-24)16-9-21(35-2)18(28)10-17(16)27/h3,5-6,9-13H,4,8H2,1-2H3. The van der Waals surface area contributed by atoms with Crippen LogP contribution in [0.2, 0.25) is 5.02 Å². The molecule has 0 atom stereocenters. The van der Waals surface area contributed by atoms with E-state index in [9.17, 15) is 19.2 Å². The molecule has 0 spiro atoms. The maximum absolute atomic E-state index is 14.1. The van der Waals surface area contributed by atoms with Crippen molar-refractivity contribution in [3.63, 3.8) is 0 Å². The number of aromatic nitrogens is 3. The number of hydrogen-bond donors (Lipinski definition) is 0. The number of aryl methyl sites for hydroxylation is 2. The highest BCUT2D eigenvalue weighted by Crippen LogP contribution is 2.39. The third-order valence-electron chi connectivity index (χ3n) is 5.99. The van der Waals surface area contributed by atoms with Gasteiger partial charge in [0, 0.05) is 34.0 Å². The number of ether oxygens (including phenoxy) is 1. The second-order valence-electron chi connectivity index (χ2n) is 8.11. The number of fused-ring (bicyclic) bond motifs is 2. The maximum Gasteiger partial charge on any atom is 0.336 e. The minimum atomic E-state index is -0.612. The van der Waals surface area contributed by atoms with Crippen LogP contribution in [0.25, 0.3) is 37.1 Å². The molecule has 0 bridgehead atoms. The lowest BCUT2D eigenvalue weighted by Crippen LogP contribution is -2.38. The predicted molar refractivity (Wildman–Crippen MR) is 139 cm³/mol. The fourth-order valence-electron chi connectivity index (χ4n) is 4.31. The molecule has 0 amide bonds. The molecule has 0 fully saturated rings. The van der Waals surface area contributed by atoms with Crippen molar-refractivity contribution in [1.29, 1.82) is 5.26 Å². The molecule has 0 N–H and O–H groups in total. The second-order valence-corrected chi connectivity index (χ2v) is 9.57. The van der Waals surface area contributed by atoms with E-state index in [0.29, 0.717) is 26.3 Å². The van der Waals surface area contributed by atoms with Crippen LogP contribution in [0.3, 0.4) is 0 Å². The smallest absolute Gasteiger partial charge is 0.336 e. The van der Waals surface area contributed by atoms with E-state index in [-0.39, 0.29) is 23.7 Å². The van der Waals surface area contributed by atoms with Crippen molar-refractivity contribution >= 4 is 43.9 Å². The zero-order valence-corrected chi connectivity index (χ0v) is 20.8. The van der Waals surface area contributed by atoms with Gasteiger partial charge in [-0.2, -0.15) is 5.26 Å². The summed E-state index contributed by atoms with van der Waals surface area (Å²) in [6.45, 7) is 1.98. The van der Waals surface area contributed by atoms with E-state index in [1.54, 1.807) is 12.3 Å². The molecule has 0 saturated carbocycles. The summed E-state index contributed by atoms with van der Waals surface area (Å²) in [5.74, 6) is -0.608. The molecule has 0 unspecified atom stereocenters. The molecule has 180 valence electrons. The van der Waals surface area contributed by atoms with E-state index in [1.165, 1.54) is 23.9 Å². The number of rotatable bonds is 5. The van der Waals surface area contributed by atoms with E-state index < -0.39 is 17.1 Å². The summed E-state index contributed by atoms with van der Waals surface area (Å²) in [6.07, 6.45) is 3.24. The average Bonchev–Trinajstić information content (AvgIpc) is 3.30. The Balaban J connectivity index is 1.86. The molecule has 3 aromatic heterocycles. The Kier molecular flexibility index (Phi) is 6.08. The second kappa shape index (κ2) is 9.22. The monoisotopic (exact) mass is 520 g/mol. The number of benzene rings is 2. The van der Waals surface area contributed by atoms with Gasteiger partial charge < -0.3 is 4.74 Å². The van der Waals surface area contributed by atoms with Crippen LogP contribution in [0.5, 0.6) is 5.75 Å². The van der Waals surface area contributed by atoms with Crippen molar-refractivity contribution in [3.05, 3.63) is 86.0 Å². The maximum atomic E-state index is 14.1. The van der Waals surface area contributed by atoms with Crippen molar-refractivity contribution in [2.45, 2.75) is 19.9 Å². The fraction of sp³-hybridized carbons (Fsp3) is 0.154. The van der Waals surface area contributed by atoms with E-state index in [1.807, 2.05) is 25.1 Å². The summed E-state index contributed by atoms with van der Waals surface area (Å²) >= 11 is 7.47. The van der Waals surface area contributed by atoms with Gasteiger partial charge in [0.2, 0.25) is 0 Å². The first-order valence-corrected chi connectivity index (χ1v) is 12.1. The molecule has 0 aliphatic carbocycles. The summed E-state index contributed by atoms with van der Waals surface area (Å²) in [5.41, 5.74) is 1.00. The van der Waals surface area contributed by atoms with Crippen LogP contribution in [-0.2, 0) is 6.54 Å². The Labute approximate surface area is 213 Å². The normalized spacial score (nSPS) is 11.2. The molecule has 2 aromatic carbocycles. The van der Waals surface area contributed by atoms with Crippen molar-refractivity contribution in [1.82, 2.24) is 14.1 Å². The molecule has 36 heavy (non-hydrogen) atoms. The number of halogens is 2. The largest absolute Gasteiger partial charge is 0.494 e. The lowest BCUT2D eigenvalue weighted by atomic mass is 10.1. The lowest BCUT2D eigenvalue weighted by molar-refractivity contribution is 0.387. The zero-order chi connectivity index (χ0) is 25.6. The molecule has 0 radical (unpaired) electrons. The Morgan fingerprint density at radius 3 is 2.78 bits per heavy atom. The SMILES string of the molecule is COc1cc(-c2cc3c(s2)c(=O)n(-c2cncc4cccc(C)c24)c(=O)n3CCC#N)c(Cl)cc1F. The van der Waals surface area contributed by atoms with Crippen LogP contribution in [0.15, 0.2) is 58.4 Å². The van der Waals surface area contributed by atoms with E-state index in [0.717, 1.165) is 38.3 Å². The number of methoxy groups -OCH3 is 1. The highest BCUT2D eigenvalue weighted by atomic mass is 35.5. The Morgan fingerprint density at radius 1 is 1.22 bits per heavy atom. The van der Waals surface area contributed by atoms with E-state index in [4.69, 9.17) is 16.3 Å². The summed E-state index contributed by atoms with van der Waals surface area (Å²) < 4.78 is 22.0. The quantitative estimate of drug-likeness (QED) is 0.307. The Bertz CT molecular complexity index is 1830. The number of nitrogens with zero attached hydrogens (tertiary/aromatic N) is 4. The predicted octanol–water partition coefficient (Wildman–Crippen LogP) is 5.45. The van der Waals surface area contributed by atoms with Gasteiger partial charge >= 0.3 is 5.69 Å². The van der Waals surface area contributed by atoms with Gasteiger partial charge in [0.1, 0.15) is 4.70 Å². The minimum absolute atomic E-state index is 0.00319. The molecule has 3 heterocycles. The first kappa shape index (κ1) is 23.7. The summed E-state index contributed by atoms with van der Waals surface area (Å²) in [4.78, 5) is 32.3. The van der Waals surface area contributed by atoms with Gasteiger partial charge in [-0.3, -0.25) is 14.3 Å². The average molecular weight is 521 g/mol. The molecule has 0 saturated heterocycles. The molecular weight excluding hydrogens is 503 g/mol. The first-order chi connectivity index (χ1) is 17.3. The highest BCUT2D eigenvalue weighted by molar-refractivity contribution is 7.22. The lowest BCUT2D eigenvalue weighted by Gasteiger charge is -2.13. The van der Waals surface area contributed by atoms with Crippen molar-refractivity contribution in [3.8, 4) is 27.9 Å². The van der Waals surface area contributed by atoms with Gasteiger partial charge in [-0.1, -0.05) is 29.8 Å². The number of nitriles is 1. The Morgan fingerprint density at radius 2 is 2.03 bits per heavy atom. The Hall–Kier alpha value is -4.00. The summed E-state index contributed by atoms with van der Waals surface area (Å²) in [6, 6.07) is 12.0. The van der Waals surface area contributed by atoms with Crippen LogP contribution in [0.4, 0.5) is 4.39 Å². The highest BCUT2D eigenvalue weighted by Gasteiger charge is 2.21. The van der Waals surface area contributed by atoms with Crippen LogP contribution in [-0.4, -0.2) is 21.2 Å². The summed E-state index contributed by atoms with van der Waals surface area (Å²) in [5, 5.41) is 10.9. The fourth-order valence-corrected chi connectivity index (χ4v) is 5.74. The van der Waals surface area contributed by atoms with Gasteiger partial charge in [-0.05, 0) is 30.7 Å². The first-order valence-electron chi connectivity index (χ1n) is 10.9. The minimum Gasteiger partial charge on any atom is -0.494 e. The zero-order valence-electron chi connectivity index (χ0n) is 19.2. The third-order valence-corrected chi connectivity index (χ3v) is 7.45. The van der Waals surface area contributed by atoms with Gasteiger partial charge in [0.15, 0.2) is 11.6 Å². The van der Waals surface area contributed by atoms with Crippen LogP contribution >= 0.6 is 22.9 Å². The molecule has 0 aliphatic rings. The van der Waals surface area contributed by atoms with Gasteiger partial charge in [0.05, 0.1) is 42.0 Å². The molecule has 0 aliphatic heterocycles. The van der Waals surface area contributed by atoms with E-state index in [2.05, 4.69) is 11.1 Å². The molecular formula is C26H18ClFN4O3S. The van der Waals surface area contributed by atoms with Gasteiger partial charge in [-0.15, -0.1) is 11.3 Å². The third kappa shape index (κ3) is 3.75. The topological polar surface area (TPSA) is 89.9 Å². The molecule has 10 heteroatoms. The molecule has 7 nitrogen and oxygen atoms in total.